The van der Waals surface area contributed by atoms with Crippen molar-refractivity contribution >= 4 is 11.9 Å². The third-order valence-electron chi connectivity index (χ3n) is 4.69. The van der Waals surface area contributed by atoms with Crippen molar-refractivity contribution in [1.82, 2.24) is 9.47 Å². The normalized spacial score (nSPS) is 21.2. The highest BCUT2D eigenvalue weighted by atomic mass is 16.5. The molecule has 0 aliphatic carbocycles. The smallest absolute Gasteiger partial charge is 0.337 e. The van der Waals surface area contributed by atoms with E-state index in [1.54, 1.807) is 0 Å². The molecule has 6 nitrogen and oxygen atoms in total. The molecule has 0 aromatic carbocycles. The molecular formula is C16H22N2O4. The number of likely N-dealkylation sites (tertiary alicyclic amines) is 1. The van der Waals surface area contributed by atoms with Gasteiger partial charge in [0.05, 0.1) is 24.5 Å². The van der Waals surface area contributed by atoms with Gasteiger partial charge in [0.25, 0.3) is 5.91 Å². The summed E-state index contributed by atoms with van der Waals surface area (Å²) in [4.78, 5) is 26.3. The van der Waals surface area contributed by atoms with Crippen molar-refractivity contribution in [2.75, 3.05) is 13.2 Å². The number of hydrogen-bond acceptors (Lipinski definition) is 3. The molecule has 1 N–H and O–H groups in total. The number of aromatic carboxylic acids is 1. The van der Waals surface area contributed by atoms with Crippen LogP contribution in [-0.4, -0.2) is 45.6 Å². The van der Waals surface area contributed by atoms with E-state index < -0.39 is 5.97 Å². The van der Waals surface area contributed by atoms with Gasteiger partial charge in [-0.25, -0.2) is 4.79 Å². The summed E-state index contributed by atoms with van der Waals surface area (Å²) in [5.41, 5.74) is 1.27. The zero-order valence-electron chi connectivity index (χ0n) is 13.0. The van der Waals surface area contributed by atoms with Gasteiger partial charge in [0.1, 0.15) is 5.69 Å². The van der Waals surface area contributed by atoms with E-state index in [9.17, 15) is 14.7 Å². The summed E-state index contributed by atoms with van der Waals surface area (Å²) >= 11 is 0. The molecule has 1 fully saturated rings. The van der Waals surface area contributed by atoms with Crippen LogP contribution in [0.4, 0.5) is 0 Å². The average molecular weight is 306 g/mol. The summed E-state index contributed by atoms with van der Waals surface area (Å²) in [6.45, 7) is 6.29. The molecule has 1 amide bonds. The Labute approximate surface area is 129 Å². The molecule has 3 heterocycles. The molecule has 1 saturated heterocycles. The molecule has 2 aliphatic heterocycles. The van der Waals surface area contributed by atoms with Crippen LogP contribution in [0.3, 0.4) is 0 Å². The van der Waals surface area contributed by atoms with E-state index in [-0.39, 0.29) is 24.1 Å². The number of ether oxygens (including phenoxy) is 1. The Morgan fingerprint density at radius 2 is 2.14 bits per heavy atom. The van der Waals surface area contributed by atoms with Gasteiger partial charge in [-0.05, 0) is 24.8 Å². The molecule has 120 valence electrons. The Hall–Kier alpha value is -1.82. The van der Waals surface area contributed by atoms with Crippen LogP contribution >= 0.6 is 0 Å². The maximum absolute atomic E-state index is 12.9. The van der Waals surface area contributed by atoms with Crippen molar-refractivity contribution in [3.8, 4) is 0 Å². The van der Waals surface area contributed by atoms with Crippen molar-refractivity contribution < 1.29 is 19.4 Å². The number of hydrogen-bond donors (Lipinski definition) is 1. The quantitative estimate of drug-likeness (QED) is 0.927. The monoisotopic (exact) mass is 306 g/mol. The molecule has 1 aromatic rings. The Morgan fingerprint density at radius 1 is 1.36 bits per heavy atom. The van der Waals surface area contributed by atoms with Gasteiger partial charge in [0.15, 0.2) is 0 Å². The van der Waals surface area contributed by atoms with Gasteiger partial charge >= 0.3 is 5.97 Å². The zero-order chi connectivity index (χ0) is 15.9. The van der Waals surface area contributed by atoms with Crippen LogP contribution in [0.15, 0.2) is 6.07 Å². The van der Waals surface area contributed by atoms with E-state index >= 15 is 0 Å². The second-order valence-electron chi connectivity index (χ2n) is 6.35. The molecule has 1 atom stereocenters. The minimum absolute atomic E-state index is 0.0492. The number of carbonyl (C=O) groups is 2. The van der Waals surface area contributed by atoms with Gasteiger partial charge in [-0.2, -0.15) is 0 Å². The minimum atomic E-state index is -1.00. The third-order valence-corrected chi connectivity index (χ3v) is 4.69. The van der Waals surface area contributed by atoms with E-state index in [0.29, 0.717) is 30.5 Å². The van der Waals surface area contributed by atoms with Crippen LogP contribution in [0.25, 0.3) is 0 Å². The molecule has 1 aromatic heterocycles. The second-order valence-corrected chi connectivity index (χ2v) is 6.35. The number of carboxylic acid groups (broad SMARTS) is 1. The highest BCUT2D eigenvalue weighted by molar-refractivity contribution is 5.98. The van der Waals surface area contributed by atoms with Crippen LogP contribution in [-0.2, 0) is 17.9 Å². The first-order valence-electron chi connectivity index (χ1n) is 7.85. The van der Waals surface area contributed by atoms with Gasteiger partial charge in [0, 0.05) is 19.1 Å². The topological polar surface area (TPSA) is 71.8 Å². The molecular weight excluding hydrogens is 284 g/mol. The summed E-state index contributed by atoms with van der Waals surface area (Å²) in [5.74, 6) is -0.647. The Bertz CT molecular complexity index is 606. The molecule has 1 unspecified atom stereocenters. The maximum atomic E-state index is 12.9. The maximum Gasteiger partial charge on any atom is 0.337 e. The summed E-state index contributed by atoms with van der Waals surface area (Å²) in [6, 6.07) is 1.76. The highest BCUT2D eigenvalue weighted by Crippen LogP contribution is 2.28. The van der Waals surface area contributed by atoms with Gasteiger partial charge < -0.3 is 19.3 Å². The number of aromatic nitrogens is 1. The van der Waals surface area contributed by atoms with Crippen molar-refractivity contribution in [2.24, 2.45) is 5.92 Å². The lowest BCUT2D eigenvalue weighted by molar-refractivity contribution is 0.0626. The fourth-order valence-electron chi connectivity index (χ4n) is 3.57. The zero-order valence-corrected chi connectivity index (χ0v) is 13.0. The van der Waals surface area contributed by atoms with Gasteiger partial charge in [0.2, 0.25) is 0 Å². The Kier molecular flexibility index (Phi) is 3.95. The van der Waals surface area contributed by atoms with Crippen LogP contribution in [0.2, 0.25) is 0 Å². The van der Waals surface area contributed by atoms with Gasteiger partial charge in [-0.15, -0.1) is 0 Å². The van der Waals surface area contributed by atoms with E-state index in [0.717, 1.165) is 19.4 Å². The summed E-state index contributed by atoms with van der Waals surface area (Å²) in [7, 11) is 0. The first-order chi connectivity index (χ1) is 10.5. The average Bonchev–Trinajstić information content (AvgIpc) is 3.11. The number of carboxylic acids is 1. The van der Waals surface area contributed by atoms with Crippen LogP contribution in [0, 0.1) is 5.92 Å². The van der Waals surface area contributed by atoms with E-state index in [1.807, 2.05) is 9.47 Å². The fraction of sp³-hybridized carbons (Fsp3) is 0.625. The lowest BCUT2D eigenvalue weighted by atomic mass is 10.0. The third kappa shape index (κ3) is 2.41. The fourth-order valence-corrected chi connectivity index (χ4v) is 3.57. The first kappa shape index (κ1) is 15.1. The lowest BCUT2D eigenvalue weighted by Crippen LogP contribution is -2.39. The number of fused-ring (bicyclic) bond motifs is 1. The summed E-state index contributed by atoms with van der Waals surface area (Å²) in [5, 5.41) is 9.35. The van der Waals surface area contributed by atoms with Crippen molar-refractivity contribution in [1.29, 1.82) is 0 Å². The number of amides is 1. The minimum Gasteiger partial charge on any atom is -0.478 e. The highest BCUT2D eigenvalue weighted by Gasteiger charge is 2.34. The largest absolute Gasteiger partial charge is 0.478 e. The van der Waals surface area contributed by atoms with E-state index in [2.05, 4.69) is 13.8 Å². The van der Waals surface area contributed by atoms with Gasteiger partial charge in [-0.3, -0.25) is 4.79 Å². The molecule has 0 radical (unpaired) electrons. The van der Waals surface area contributed by atoms with Crippen molar-refractivity contribution in [2.45, 2.75) is 45.9 Å². The molecule has 6 heteroatoms. The summed E-state index contributed by atoms with van der Waals surface area (Å²) in [6.07, 6.45) is 2.03. The van der Waals surface area contributed by atoms with Crippen LogP contribution in [0.1, 0.15) is 53.2 Å². The van der Waals surface area contributed by atoms with Crippen LogP contribution < -0.4 is 0 Å². The standard InChI is InChI=1S/C16H22N2O4/c1-10(2)12-4-3-5-18(12)15(19)13-8-11(16(20)21)14-9-22-7-6-17(13)14/h8,10,12H,3-7,9H2,1-2H3,(H,20,21). The predicted octanol–water partition coefficient (Wildman–Crippen LogP) is 1.98. The number of rotatable bonds is 3. The number of carbonyl (C=O) groups excluding carboxylic acids is 1. The summed E-state index contributed by atoms with van der Waals surface area (Å²) < 4.78 is 7.18. The number of nitrogens with zero attached hydrogens (tertiary/aromatic N) is 2. The van der Waals surface area contributed by atoms with Crippen molar-refractivity contribution in [3.05, 3.63) is 23.0 Å². The molecule has 0 saturated carbocycles. The Morgan fingerprint density at radius 3 is 2.82 bits per heavy atom. The SMILES string of the molecule is CC(C)C1CCCN1C(=O)c1cc(C(=O)O)c2n1CCOC2. The van der Waals surface area contributed by atoms with Crippen molar-refractivity contribution in [3.63, 3.8) is 0 Å². The molecule has 22 heavy (non-hydrogen) atoms. The lowest BCUT2D eigenvalue weighted by Gasteiger charge is -2.28. The van der Waals surface area contributed by atoms with Gasteiger partial charge in [-0.1, -0.05) is 13.8 Å². The first-order valence-corrected chi connectivity index (χ1v) is 7.85. The second kappa shape index (κ2) is 5.76. The predicted molar refractivity (Wildman–Crippen MR) is 79.9 cm³/mol. The molecule has 0 spiro atoms. The molecule has 0 bridgehead atoms. The molecule has 3 rings (SSSR count). The Balaban J connectivity index is 1.97. The van der Waals surface area contributed by atoms with Crippen LogP contribution in [0.5, 0.6) is 0 Å². The van der Waals surface area contributed by atoms with E-state index in [1.165, 1.54) is 6.07 Å². The molecule has 2 aliphatic rings. The van der Waals surface area contributed by atoms with E-state index in [4.69, 9.17) is 4.74 Å².